The lowest BCUT2D eigenvalue weighted by molar-refractivity contribution is -0.125. The third-order valence-electron chi connectivity index (χ3n) is 3.45. The predicted octanol–water partition coefficient (Wildman–Crippen LogP) is 1.82. The molecule has 2 N–H and O–H groups in total. The molecule has 7 nitrogen and oxygen atoms in total. The fourth-order valence-electron chi connectivity index (χ4n) is 2.12. The van der Waals surface area contributed by atoms with Crippen LogP contribution in [0.1, 0.15) is 37.8 Å². The molecule has 0 unspecified atom stereocenters. The van der Waals surface area contributed by atoms with Crippen LogP contribution in [0.15, 0.2) is 34.7 Å². The number of hydrogen-bond donors (Lipinski definition) is 2. The van der Waals surface area contributed by atoms with E-state index in [-0.39, 0.29) is 0 Å². The van der Waals surface area contributed by atoms with Crippen LogP contribution in [0, 0.1) is 20.8 Å². The van der Waals surface area contributed by atoms with Gasteiger partial charge in [0.05, 0.1) is 0 Å². The van der Waals surface area contributed by atoms with Crippen LogP contribution in [0.5, 0.6) is 0 Å². The second kappa shape index (κ2) is 7.45. The largest absolute Gasteiger partial charge is 0.465 e. The van der Waals surface area contributed by atoms with E-state index in [1.165, 1.54) is 0 Å². The molecule has 2 rings (SSSR count). The summed E-state index contributed by atoms with van der Waals surface area (Å²) in [6, 6.07) is 8.39. The molecule has 0 saturated carbocycles. The van der Waals surface area contributed by atoms with E-state index < -0.39 is 24.4 Å². The van der Waals surface area contributed by atoms with Gasteiger partial charge in [0.15, 0.2) is 6.61 Å². The van der Waals surface area contributed by atoms with Crippen LogP contribution in [0.2, 0.25) is 0 Å². The number of nitrogens with one attached hydrogen (secondary N) is 2. The molecule has 0 fully saturated rings. The molecule has 2 aromatic rings. The minimum absolute atomic E-state index is 0.314. The topological polar surface area (TPSA) is 97.6 Å². The van der Waals surface area contributed by atoms with Gasteiger partial charge in [-0.2, -0.15) is 0 Å². The van der Waals surface area contributed by atoms with E-state index in [0.29, 0.717) is 28.2 Å². The molecule has 0 aliphatic rings. The Morgan fingerprint density at radius 2 is 1.67 bits per heavy atom. The van der Waals surface area contributed by atoms with Crippen molar-refractivity contribution in [2.75, 3.05) is 6.61 Å². The van der Waals surface area contributed by atoms with Crippen molar-refractivity contribution in [3.8, 4) is 0 Å². The second-order valence-electron chi connectivity index (χ2n) is 5.16. The Kier molecular flexibility index (Phi) is 5.36. The van der Waals surface area contributed by atoms with Gasteiger partial charge in [-0.1, -0.05) is 18.2 Å². The highest BCUT2D eigenvalue weighted by Gasteiger charge is 2.20. The Labute approximate surface area is 139 Å². The summed E-state index contributed by atoms with van der Waals surface area (Å²) in [6.45, 7) is 4.61. The zero-order valence-corrected chi connectivity index (χ0v) is 13.6. The van der Waals surface area contributed by atoms with Gasteiger partial charge in [0.25, 0.3) is 11.8 Å². The Bertz CT molecular complexity index is 765. The third kappa shape index (κ3) is 4.01. The number of rotatable bonds is 4. The Balaban J connectivity index is 1.83. The van der Waals surface area contributed by atoms with Gasteiger partial charge in [0.1, 0.15) is 17.1 Å². The van der Waals surface area contributed by atoms with Gasteiger partial charge < -0.3 is 9.15 Å². The standard InChI is InChI=1S/C17H18N2O5/c1-10-11(2)24-12(3)15(10)17(22)23-9-14(20)18-19-16(21)13-7-5-4-6-8-13/h4-8H,9H2,1-3H3,(H,18,20)(H,19,21). The van der Waals surface area contributed by atoms with Gasteiger partial charge in [-0.3, -0.25) is 20.4 Å². The molecule has 0 atom stereocenters. The summed E-state index contributed by atoms with van der Waals surface area (Å²) in [6.07, 6.45) is 0. The average Bonchev–Trinajstić information content (AvgIpc) is 2.83. The van der Waals surface area contributed by atoms with Gasteiger partial charge >= 0.3 is 5.97 Å². The number of furan rings is 1. The molecule has 0 spiro atoms. The number of hydrogen-bond acceptors (Lipinski definition) is 5. The molecule has 1 heterocycles. The highest BCUT2D eigenvalue weighted by molar-refractivity contribution is 5.96. The van der Waals surface area contributed by atoms with Crippen molar-refractivity contribution in [2.45, 2.75) is 20.8 Å². The lowest BCUT2D eigenvalue weighted by Gasteiger charge is -2.08. The summed E-state index contributed by atoms with van der Waals surface area (Å²) in [5.74, 6) is -0.700. The number of amides is 2. The second-order valence-corrected chi connectivity index (χ2v) is 5.16. The van der Waals surface area contributed by atoms with Crippen LogP contribution in [0.4, 0.5) is 0 Å². The molecule has 126 valence electrons. The number of aryl methyl sites for hydroxylation is 2. The SMILES string of the molecule is Cc1oc(C)c(C(=O)OCC(=O)NNC(=O)c2ccccc2)c1C. The van der Waals surface area contributed by atoms with Gasteiger partial charge in [-0.25, -0.2) is 4.79 Å². The minimum atomic E-state index is -0.650. The quantitative estimate of drug-likeness (QED) is 0.658. The number of carbonyl (C=O) groups excluding carboxylic acids is 3. The molecular weight excluding hydrogens is 312 g/mol. The maximum atomic E-state index is 12.0. The van der Waals surface area contributed by atoms with Crippen LogP contribution >= 0.6 is 0 Å². The van der Waals surface area contributed by atoms with Crippen LogP contribution in [-0.4, -0.2) is 24.4 Å². The summed E-state index contributed by atoms with van der Waals surface area (Å²) >= 11 is 0. The van der Waals surface area contributed by atoms with Crippen LogP contribution in [0.3, 0.4) is 0 Å². The predicted molar refractivity (Wildman–Crippen MR) is 85.3 cm³/mol. The van der Waals surface area contributed by atoms with E-state index in [9.17, 15) is 14.4 Å². The molecule has 0 aliphatic heterocycles. The molecule has 1 aromatic carbocycles. The van der Waals surface area contributed by atoms with E-state index in [0.717, 1.165) is 0 Å². The first-order chi connectivity index (χ1) is 11.4. The van der Waals surface area contributed by atoms with E-state index >= 15 is 0 Å². The maximum absolute atomic E-state index is 12.0. The van der Waals surface area contributed by atoms with Crippen molar-refractivity contribution < 1.29 is 23.5 Å². The first-order valence-corrected chi connectivity index (χ1v) is 7.28. The van der Waals surface area contributed by atoms with Crippen LogP contribution in [0.25, 0.3) is 0 Å². The Morgan fingerprint density at radius 1 is 1.00 bits per heavy atom. The molecule has 1 aromatic heterocycles. The molecule has 7 heteroatoms. The van der Waals surface area contributed by atoms with E-state index in [4.69, 9.17) is 9.15 Å². The van der Waals surface area contributed by atoms with Gasteiger partial charge in [-0.05, 0) is 32.9 Å². The highest BCUT2D eigenvalue weighted by Crippen LogP contribution is 2.21. The first kappa shape index (κ1) is 17.3. The summed E-state index contributed by atoms with van der Waals surface area (Å²) < 4.78 is 10.3. The van der Waals surface area contributed by atoms with Crippen molar-refractivity contribution in [1.82, 2.24) is 10.9 Å². The average molecular weight is 330 g/mol. The van der Waals surface area contributed by atoms with Crippen molar-refractivity contribution in [3.63, 3.8) is 0 Å². The molecule has 0 aliphatic carbocycles. The Hall–Kier alpha value is -3.09. The Morgan fingerprint density at radius 3 is 2.25 bits per heavy atom. The van der Waals surface area contributed by atoms with Crippen molar-refractivity contribution in [1.29, 1.82) is 0 Å². The lowest BCUT2D eigenvalue weighted by atomic mass is 10.1. The number of carbonyl (C=O) groups is 3. The first-order valence-electron chi connectivity index (χ1n) is 7.28. The molecule has 0 bridgehead atoms. The fourth-order valence-corrected chi connectivity index (χ4v) is 2.12. The van der Waals surface area contributed by atoms with Gasteiger partial charge in [-0.15, -0.1) is 0 Å². The van der Waals surface area contributed by atoms with Gasteiger partial charge in [0, 0.05) is 11.1 Å². The molecule has 24 heavy (non-hydrogen) atoms. The summed E-state index contributed by atoms with van der Waals surface area (Å²) in [4.78, 5) is 35.4. The highest BCUT2D eigenvalue weighted by atomic mass is 16.5. The van der Waals surface area contributed by atoms with E-state index in [1.54, 1.807) is 51.1 Å². The number of hydrazine groups is 1. The monoisotopic (exact) mass is 330 g/mol. The van der Waals surface area contributed by atoms with Crippen LogP contribution < -0.4 is 10.9 Å². The molecule has 2 amide bonds. The number of ether oxygens (including phenoxy) is 1. The van der Waals surface area contributed by atoms with Crippen molar-refractivity contribution in [3.05, 3.63) is 58.5 Å². The molecular formula is C17H18N2O5. The van der Waals surface area contributed by atoms with E-state index in [1.807, 2.05) is 0 Å². The maximum Gasteiger partial charge on any atom is 0.342 e. The normalized spacial score (nSPS) is 10.1. The van der Waals surface area contributed by atoms with E-state index in [2.05, 4.69) is 10.9 Å². The van der Waals surface area contributed by atoms with Crippen LogP contribution in [-0.2, 0) is 9.53 Å². The summed E-state index contributed by atoms with van der Waals surface area (Å²) in [5, 5.41) is 0. The minimum Gasteiger partial charge on any atom is -0.465 e. The molecule has 0 radical (unpaired) electrons. The molecule has 0 saturated heterocycles. The van der Waals surface area contributed by atoms with Crippen molar-refractivity contribution >= 4 is 17.8 Å². The smallest absolute Gasteiger partial charge is 0.342 e. The number of esters is 1. The third-order valence-corrected chi connectivity index (χ3v) is 3.45. The number of benzene rings is 1. The zero-order valence-electron chi connectivity index (χ0n) is 13.6. The summed E-state index contributed by atoms with van der Waals surface area (Å²) in [5.41, 5.74) is 5.81. The zero-order chi connectivity index (χ0) is 17.7. The summed E-state index contributed by atoms with van der Waals surface area (Å²) in [7, 11) is 0. The fraction of sp³-hybridized carbons (Fsp3) is 0.235. The lowest BCUT2D eigenvalue weighted by Crippen LogP contribution is -2.43. The van der Waals surface area contributed by atoms with Gasteiger partial charge in [0.2, 0.25) is 0 Å². The van der Waals surface area contributed by atoms with Crippen molar-refractivity contribution in [2.24, 2.45) is 0 Å².